The normalized spacial score (nSPS) is 20.4. The van der Waals surface area contributed by atoms with Crippen molar-refractivity contribution in [1.29, 1.82) is 0 Å². The first-order chi connectivity index (χ1) is 9.31. The predicted molar refractivity (Wildman–Crippen MR) is 69.3 cm³/mol. The largest absolute Gasteiger partial charge is 0.454 e. The van der Waals surface area contributed by atoms with Crippen LogP contribution in [0.25, 0.3) is 0 Å². The molecular weight excluding hydrogens is 242 g/mol. The summed E-state index contributed by atoms with van der Waals surface area (Å²) in [5, 5.41) is 8.03. The van der Waals surface area contributed by atoms with Crippen LogP contribution in [-0.4, -0.2) is 23.1 Å². The molecule has 0 amide bonds. The number of fused-ring (bicyclic) bond motifs is 2. The average molecular weight is 257 g/mol. The Morgan fingerprint density at radius 1 is 1.32 bits per heavy atom. The van der Waals surface area contributed by atoms with Crippen molar-refractivity contribution >= 4 is 0 Å². The van der Waals surface area contributed by atoms with Gasteiger partial charge < -0.3 is 14.8 Å². The summed E-state index contributed by atoms with van der Waals surface area (Å²) in [5.41, 5.74) is 3.61. The van der Waals surface area contributed by atoms with Gasteiger partial charge in [-0.1, -0.05) is 0 Å². The zero-order valence-corrected chi connectivity index (χ0v) is 10.7. The van der Waals surface area contributed by atoms with Gasteiger partial charge in [0.15, 0.2) is 11.5 Å². The van der Waals surface area contributed by atoms with Crippen LogP contribution in [0, 0.1) is 0 Å². The highest BCUT2D eigenvalue weighted by molar-refractivity contribution is 5.51. The zero-order valence-electron chi connectivity index (χ0n) is 10.7. The number of aryl methyl sites for hydroxylation is 1. The summed E-state index contributed by atoms with van der Waals surface area (Å²) in [7, 11) is 1.94. The fraction of sp³-hybridized carbons (Fsp3) is 0.357. The van der Waals surface area contributed by atoms with E-state index in [9.17, 15) is 0 Å². The molecule has 0 saturated carbocycles. The zero-order chi connectivity index (χ0) is 12.8. The van der Waals surface area contributed by atoms with Crippen LogP contribution in [0.5, 0.6) is 11.5 Å². The van der Waals surface area contributed by atoms with E-state index in [0.717, 1.165) is 30.2 Å². The minimum absolute atomic E-state index is 0.138. The lowest BCUT2D eigenvalue weighted by Gasteiger charge is -2.26. The Hall–Kier alpha value is -2.01. The number of benzene rings is 1. The molecule has 0 unspecified atom stereocenters. The summed E-state index contributed by atoms with van der Waals surface area (Å²) in [6.07, 6.45) is 2.98. The fourth-order valence-corrected chi connectivity index (χ4v) is 2.80. The van der Waals surface area contributed by atoms with Crippen LogP contribution in [0.15, 0.2) is 24.4 Å². The predicted octanol–water partition coefficient (Wildman–Crippen LogP) is 1.38. The monoisotopic (exact) mass is 257 g/mol. The van der Waals surface area contributed by atoms with Crippen molar-refractivity contribution in [3.63, 3.8) is 0 Å². The van der Waals surface area contributed by atoms with Gasteiger partial charge in [-0.3, -0.25) is 4.68 Å². The number of nitrogens with one attached hydrogen (secondary N) is 1. The molecule has 0 saturated heterocycles. The molecule has 2 aliphatic rings. The summed E-state index contributed by atoms with van der Waals surface area (Å²) < 4.78 is 12.8. The molecule has 0 radical (unpaired) electrons. The van der Waals surface area contributed by atoms with Crippen molar-refractivity contribution in [3.8, 4) is 11.5 Å². The molecule has 0 fully saturated rings. The van der Waals surface area contributed by atoms with E-state index in [2.05, 4.69) is 28.6 Å². The van der Waals surface area contributed by atoms with Crippen LogP contribution >= 0.6 is 0 Å². The molecule has 0 spiro atoms. The van der Waals surface area contributed by atoms with Gasteiger partial charge in [-0.15, -0.1) is 0 Å². The van der Waals surface area contributed by atoms with Crippen molar-refractivity contribution in [2.45, 2.75) is 12.5 Å². The van der Waals surface area contributed by atoms with E-state index in [0.29, 0.717) is 6.79 Å². The number of ether oxygens (including phenoxy) is 2. The van der Waals surface area contributed by atoms with Gasteiger partial charge in [0.2, 0.25) is 6.79 Å². The van der Waals surface area contributed by atoms with Gasteiger partial charge in [-0.25, -0.2) is 0 Å². The molecule has 19 heavy (non-hydrogen) atoms. The summed E-state index contributed by atoms with van der Waals surface area (Å²) in [4.78, 5) is 0. The van der Waals surface area contributed by atoms with Crippen LogP contribution in [0.1, 0.15) is 22.9 Å². The molecule has 1 aromatic carbocycles. The molecule has 5 nitrogen and oxygen atoms in total. The minimum atomic E-state index is 0.138. The maximum Gasteiger partial charge on any atom is 0.231 e. The lowest BCUT2D eigenvalue weighted by Crippen LogP contribution is -2.30. The second-order valence-electron chi connectivity index (χ2n) is 4.96. The van der Waals surface area contributed by atoms with E-state index in [1.54, 1.807) is 0 Å². The third-order valence-electron chi connectivity index (χ3n) is 3.72. The highest BCUT2D eigenvalue weighted by atomic mass is 16.7. The SMILES string of the molecule is Cn1ccc([C@@H]2NCCc3cc4c(cc32)OCO4)n1. The summed E-state index contributed by atoms with van der Waals surface area (Å²) in [6.45, 7) is 1.27. The molecule has 3 heterocycles. The first kappa shape index (κ1) is 10.9. The maximum absolute atomic E-state index is 5.48. The Balaban J connectivity index is 1.82. The molecule has 5 heteroatoms. The molecule has 1 N–H and O–H groups in total. The number of hydrogen-bond acceptors (Lipinski definition) is 4. The van der Waals surface area contributed by atoms with Crippen molar-refractivity contribution < 1.29 is 9.47 Å². The molecule has 4 rings (SSSR count). The van der Waals surface area contributed by atoms with E-state index in [1.807, 2.05) is 17.9 Å². The number of nitrogens with zero attached hydrogens (tertiary/aromatic N) is 2. The van der Waals surface area contributed by atoms with Crippen LogP contribution in [0.2, 0.25) is 0 Å². The third kappa shape index (κ3) is 1.69. The Labute approximate surface area is 111 Å². The Morgan fingerprint density at radius 2 is 2.16 bits per heavy atom. The number of hydrogen-bond donors (Lipinski definition) is 1. The average Bonchev–Trinajstić information content (AvgIpc) is 3.03. The topological polar surface area (TPSA) is 48.3 Å². The highest BCUT2D eigenvalue weighted by Gasteiger charge is 2.27. The van der Waals surface area contributed by atoms with Crippen LogP contribution in [-0.2, 0) is 13.5 Å². The Kier molecular flexibility index (Phi) is 2.29. The molecule has 2 aromatic rings. The van der Waals surface area contributed by atoms with Gasteiger partial charge in [0.25, 0.3) is 0 Å². The van der Waals surface area contributed by atoms with E-state index in [-0.39, 0.29) is 6.04 Å². The quantitative estimate of drug-likeness (QED) is 0.838. The molecule has 1 atom stereocenters. The van der Waals surface area contributed by atoms with Crippen molar-refractivity contribution in [2.75, 3.05) is 13.3 Å². The summed E-state index contributed by atoms with van der Waals surface area (Å²) in [5.74, 6) is 1.70. The van der Waals surface area contributed by atoms with Gasteiger partial charge in [0, 0.05) is 19.8 Å². The van der Waals surface area contributed by atoms with Crippen LogP contribution < -0.4 is 14.8 Å². The summed E-state index contributed by atoms with van der Waals surface area (Å²) in [6, 6.07) is 6.38. The Morgan fingerprint density at radius 3 is 2.95 bits per heavy atom. The first-order valence-corrected chi connectivity index (χ1v) is 6.46. The van der Waals surface area contributed by atoms with Gasteiger partial charge >= 0.3 is 0 Å². The molecule has 2 aliphatic heterocycles. The Bertz CT molecular complexity index is 636. The lowest BCUT2D eigenvalue weighted by molar-refractivity contribution is 0.174. The summed E-state index contributed by atoms with van der Waals surface area (Å²) >= 11 is 0. The smallest absolute Gasteiger partial charge is 0.231 e. The van der Waals surface area contributed by atoms with Gasteiger partial charge in [-0.2, -0.15) is 5.10 Å². The van der Waals surface area contributed by atoms with Crippen molar-refractivity contribution in [2.24, 2.45) is 7.05 Å². The fourth-order valence-electron chi connectivity index (χ4n) is 2.80. The van der Waals surface area contributed by atoms with Gasteiger partial charge in [0.1, 0.15) is 0 Å². The van der Waals surface area contributed by atoms with Crippen LogP contribution in [0.3, 0.4) is 0 Å². The maximum atomic E-state index is 5.48. The van der Waals surface area contributed by atoms with Gasteiger partial charge in [0.05, 0.1) is 11.7 Å². The molecule has 0 aliphatic carbocycles. The molecule has 1 aromatic heterocycles. The first-order valence-electron chi connectivity index (χ1n) is 6.46. The second-order valence-corrected chi connectivity index (χ2v) is 4.96. The van der Waals surface area contributed by atoms with E-state index in [1.165, 1.54) is 11.1 Å². The minimum Gasteiger partial charge on any atom is -0.454 e. The third-order valence-corrected chi connectivity index (χ3v) is 3.72. The van der Waals surface area contributed by atoms with E-state index < -0.39 is 0 Å². The van der Waals surface area contributed by atoms with E-state index in [4.69, 9.17) is 9.47 Å². The van der Waals surface area contributed by atoms with Crippen molar-refractivity contribution in [1.82, 2.24) is 15.1 Å². The molecule has 0 bridgehead atoms. The van der Waals surface area contributed by atoms with Gasteiger partial charge in [-0.05, 0) is 35.7 Å². The molecule has 98 valence electrons. The highest BCUT2D eigenvalue weighted by Crippen LogP contribution is 2.39. The van der Waals surface area contributed by atoms with Crippen molar-refractivity contribution in [3.05, 3.63) is 41.2 Å². The number of rotatable bonds is 1. The standard InChI is InChI=1S/C14H15N3O2/c1-17-5-3-11(16-17)14-10-7-13-12(18-8-19-13)6-9(10)2-4-15-14/h3,5-7,14-15H,2,4,8H2,1H3/t14-/m1/s1. The number of aromatic nitrogens is 2. The lowest BCUT2D eigenvalue weighted by atomic mass is 9.92. The second kappa shape index (κ2) is 3.99. The van der Waals surface area contributed by atoms with E-state index >= 15 is 0 Å². The molecular formula is C14H15N3O2. The van der Waals surface area contributed by atoms with Crippen LogP contribution in [0.4, 0.5) is 0 Å².